The van der Waals surface area contributed by atoms with Crippen molar-refractivity contribution in [1.29, 1.82) is 0 Å². The van der Waals surface area contributed by atoms with Crippen molar-refractivity contribution in [2.75, 3.05) is 38.2 Å². The summed E-state index contributed by atoms with van der Waals surface area (Å²) in [6, 6.07) is 20.1. The second-order valence-electron chi connectivity index (χ2n) is 10.5. The van der Waals surface area contributed by atoms with Gasteiger partial charge in [-0.15, -0.1) is 0 Å². The highest BCUT2D eigenvalue weighted by Gasteiger charge is 2.26. The Morgan fingerprint density at radius 3 is 2.10 bits per heavy atom. The fraction of sp³-hybridized carbons (Fsp3) is 0.312. The fourth-order valence-corrected chi connectivity index (χ4v) is 5.46. The fourth-order valence-electron chi connectivity index (χ4n) is 5.46. The normalized spacial score (nSPS) is 14.6. The molecule has 1 aromatic heterocycles. The van der Waals surface area contributed by atoms with Crippen LogP contribution in [0.4, 0.5) is 14.5 Å². The van der Waals surface area contributed by atoms with E-state index in [2.05, 4.69) is 4.90 Å². The van der Waals surface area contributed by atoms with Crippen molar-refractivity contribution in [3.8, 4) is 5.75 Å². The summed E-state index contributed by atoms with van der Waals surface area (Å²) in [6.45, 7) is 4.44. The topological polar surface area (TPSA) is 85.7 Å². The van der Waals surface area contributed by atoms with Crippen molar-refractivity contribution in [1.82, 2.24) is 14.0 Å². The number of piperazine rings is 1. The van der Waals surface area contributed by atoms with Crippen LogP contribution in [-0.2, 0) is 19.6 Å². The molecule has 4 aromatic rings. The number of aromatic nitrogens is 2. The zero-order chi connectivity index (χ0) is 29.8. The summed E-state index contributed by atoms with van der Waals surface area (Å²) in [6.07, 6.45) is 0. The molecule has 0 spiro atoms. The van der Waals surface area contributed by atoms with Crippen LogP contribution in [0.15, 0.2) is 82.4 Å². The van der Waals surface area contributed by atoms with Crippen molar-refractivity contribution in [3.05, 3.63) is 128 Å². The first-order valence-corrected chi connectivity index (χ1v) is 13.9. The summed E-state index contributed by atoms with van der Waals surface area (Å²) in [7, 11) is 1.63. The smallest absolute Gasteiger partial charge is 0.331 e. The number of benzene rings is 3. The van der Waals surface area contributed by atoms with Crippen LogP contribution in [0.3, 0.4) is 0 Å². The van der Waals surface area contributed by atoms with E-state index in [4.69, 9.17) is 10.5 Å². The van der Waals surface area contributed by atoms with Gasteiger partial charge in [-0.2, -0.15) is 0 Å². The van der Waals surface area contributed by atoms with Gasteiger partial charge in [-0.05, 0) is 42.3 Å². The Morgan fingerprint density at radius 1 is 0.833 bits per heavy atom. The SMILES string of the molecule is COc1ccc(CN2CCN(c3c(C)n(Cc4c(F)cccc4F)c(=O)n(CC(N)c4ccccc4)c3=O)CC2)cc1. The molecule has 0 aliphatic carbocycles. The number of methoxy groups -OCH3 is 1. The lowest BCUT2D eigenvalue weighted by atomic mass is 10.1. The Labute approximate surface area is 243 Å². The summed E-state index contributed by atoms with van der Waals surface area (Å²) < 4.78 is 37.0. The molecule has 1 unspecified atom stereocenters. The molecule has 1 aliphatic rings. The Morgan fingerprint density at radius 2 is 1.48 bits per heavy atom. The zero-order valence-electron chi connectivity index (χ0n) is 23.8. The minimum atomic E-state index is -0.756. The molecule has 10 heteroatoms. The predicted molar refractivity (Wildman–Crippen MR) is 159 cm³/mol. The number of nitrogens with zero attached hydrogens (tertiary/aromatic N) is 4. The quantitative estimate of drug-likeness (QED) is 0.328. The standard InChI is InChI=1S/C32H35F2N5O3/c1-22-30(37-17-15-36(16-18-37)19-23-11-13-25(42-2)14-12-23)31(40)39(21-29(35)24-7-4-3-5-8-24)32(41)38(22)20-26-27(33)9-6-10-28(26)34/h3-14,29H,15-21,35H2,1-2H3. The van der Waals surface area contributed by atoms with Crippen LogP contribution in [0.5, 0.6) is 5.75 Å². The number of anilines is 1. The molecular formula is C32H35F2N5O3. The van der Waals surface area contributed by atoms with Gasteiger partial charge >= 0.3 is 5.69 Å². The monoisotopic (exact) mass is 575 g/mol. The van der Waals surface area contributed by atoms with Crippen LogP contribution < -0.4 is 26.6 Å². The molecule has 220 valence electrons. The minimum Gasteiger partial charge on any atom is -0.497 e. The molecule has 0 radical (unpaired) electrons. The molecule has 8 nitrogen and oxygen atoms in total. The van der Waals surface area contributed by atoms with Crippen LogP contribution in [0.25, 0.3) is 0 Å². The lowest BCUT2D eigenvalue weighted by molar-refractivity contribution is 0.249. The second kappa shape index (κ2) is 12.7. The predicted octanol–water partition coefficient (Wildman–Crippen LogP) is 3.68. The third-order valence-electron chi connectivity index (χ3n) is 7.90. The van der Waals surface area contributed by atoms with Gasteiger partial charge in [0, 0.05) is 50.0 Å². The highest BCUT2D eigenvalue weighted by Crippen LogP contribution is 2.21. The second-order valence-corrected chi connectivity index (χ2v) is 10.5. The number of halogens is 2. The van der Waals surface area contributed by atoms with Gasteiger partial charge in [0.15, 0.2) is 0 Å². The summed E-state index contributed by atoms with van der Waals surface area (Å²) in [5.74, 6) is -0.713. The lowest BCUT2D eigenvalue weighted by Crippen LogP contribution is -2.51. The van der Waals surface area contributed by atoms with E-state index >= 15 is 0 Å². The van der Waals surface area contributed by atoms with E-state index in [1.165, 1.54) is 10.6 Å². The van der Waals surface area contributed by atoms with Crippen LogP contribution in [-0.4, -0.2) is 47.3 Å². The van der Waals surface area contributed by atoms with Gasteiger partial charge in [0.25, 0.3) is 5.56 Å². The van der Waals surface area contributed by atoms with E-state index in [0.29, 0.717) is 37.6 Å². The summed E-state index contributed by atoms with van der Waals surface area (Å²) in [5.41, 5.74) is 7.70. The number of ether oxygens (including phenoxy) is 1. The van der Waals surface area contributed by atoms with Gasteiger partial charge in [-0.25, -0.2) is 13.6 Å². The highest BCUT2D eigenvalue weighted by molar-refractivity contribution is 5.50. The van der Waals surface area contributed by atoms with E-state index < -0.39 is 28.9 Å². The summed E-state index contributed by atoms with van der Waals surface area (Å²) in [5, 5.41) is 0. The first-order chi connectivity index (χ1) is 20.3. The van der Waals surface area contributed by atoms with Crippen LogP contribution in [0.2, 0.25) is 0 Å². The third kappa shape index (κ3) is 6.14. The molecule has 2 heterocycles. The van der Waals surface area contributed by atoms with E-state index in [9.17, 15) is 18.4 Å². The van der Waals surface area contributed by atoms with E-state index in [1.54, 1.807) is 14.0 Å². The first kappa shape index (κ1) is 29.2. The molecule has 42 heavy (non-hydrogen) atoms. The summed E-state index contributed by atoms with van der Waals surface area (Å²) >= 11 is 0. The molecule has 1 fully saturated rings. The van der Waals surface area contributed by atoms with E-state index in [-0.39, 0.29) is 18.7 Å². The van der Waals surface area contributed by atoms with Gasteiger partial charge in [0.05, 0.1) is 20.2 Å². The zero-order valence-corrected chi connectivity index (χ0v) is 23.8. The highest BCUT2D eigenvalue weighted by atomic mass is 19.1. The van der Waals surface area contributed by atoms with Crippen molar-refractivity contribution < 1.29 is 13.5 Å². The maximum Gasteiger partial charge on any atom is 0.331 e. The average molecular weight is 576 g/mol. The van der Waals surface area contributed by atoms with Crippen molar-refractivity contribution in [2.24, 2.45) is 5.73 Å². The van der Waals surface area contributed by atoms with Crippen LogP contribution >= 0.6 is 0 Å². The number of hydrogen-bond acceptors (Lipinski definition) is 6. The largest absolute Gasteiger partial charge is 0.497 e. The van der Waals surface area contributed by atoms with Gasteiger partial charge in [0.2, 0.25) is 0 Å². The Hall–Kier alpha value is -4.28. The van der Waals surface area contributed by atoms with Gasteiger partial charge in [0.1, 0.15) is 23.1 Å². The molecule has 2 N–H and O–H groups in total. The van der Waals surface area contributed by atoms with Gasteiger partial charge in [-0.3, -0.25) is 18.8 Å². The van der Waals surface area contributed by atoms with Gasteiger partial charge in [-0.1, -0.05) is 48.5 Å². The molecule has 5 rings (SSSR count). The molecule has 1 aliphatic heterocycles. The minimum absolute atomic E-state index is 0.0772. The number of hydrogen-bond donors (Lipinski definition) is 1. The van der Waals surface area contributed by atoms with Crippen molar-refractivity contribution >= 4 is 5.69 Å². The number of nitrogens with two attached hydrogens (primary N) is 1. The first-order valence-electron chi connectivity index (χ1n) is 13.9. The van der Waals surface area contributed by atoms with Crippen molar-refractivity contribution in [3.63, 3.8) is 0 Å². The maximum absolute atomic E-state index is 14.7. The van der Waals surface area contributed by atoms with E-state index in [1.807, 2.05) is 59.5 Å². The molecule has 1 saturated heterocycles. The maximum atomic E-state index is 14.7. The third-order valence-corrected chi connectivity index (χ3v) is 7.90. The van der Waals surface area contributed by atoms with Crippen molar-refractivity contribution in [2.45, 2.75) is 32.6 Å². The number of rotatable bonds is 9. The Kier molecular flexibility index (Phi) is 8.84. The molecule has 0 amide bonds. The molecule has 0 saturated carbocycles. The molecular weight excluding hydrogens is 540 g/mol. The molecule has 0 bridgehead atoms. The van der Waals surface area contributed by atoms with Crippen LogP contribution in [0.1, 0.15) is 28.4 Å². The van der Waals surface area contributed by atoms with E-state index in [0.717, 1.165) is 40.1 Å². The average Bonchev–Trinajstić information content (AvgIpc) is 3.00. The van der Waals surface area contributed by atoms with Crippen LogP contribution in [0, 0.1) is 18.6 Å². The summed E-state index contributed by atoms with van der Waals surface area (Å²) in [4.78, 5) is 31.9. The Bertz CT molecular complexity index is 1630. The lowest BCUT2D eigenvalue weighted by Gasteiger charge is -2.37. The molecule has 1 atom stereocenters. The Balaban J connectivity index is 1.47. The molecule has 3 aromatic carbocycles. The van der Waals surface area contributed by atoms with Gasteiger partial charge < -0.3 is 15.4 Å².